The molecule has 4 saturated carbocycles. The molecule has 0 heterocycles. The summed E-state index contributed by atoms with van der Waals surface area (Å²) in [5.74, 6) is 0.286. The van der Waals surface area contributed by atoms with Crippen molar-refractivity contribution in [3.63, 3.8) is 0 Å². The van der Waals surface area contributed by atoms with Gasteiger partial charge in [-0.05, 0) is 67.9 Å². The zero-order valence-corrected chi connectivity index (χ0v) is 14.3. The molecule has 4 aliphatic rings. The van der Waals surface area contributed by atoms with Crippen molar-refractivity contribution in [3.8, 4) is 0 Å². The van der Waals surface area contributed by atoms with Crippen LogP contribution in [0.4, 0.5) is 4.39 Å². The third-order valence-corrected chi connectivity index (χ3v) is 6.46. The third-order valence-electron chi connectivity index (χ3n) is 6.11. The molecule has 3 nitrogen and oxygen atoms in total. The normalized spacial score (nSPS) is 36.8. The van der Waals surface area contributed by atoms with E-state index in [1.807, 2.05) is 0 Å². The van der Waals surface area contributed by atoms with Crippen molar-refractivity contribution in [2.75, 3.05) is 0 Å². The molecule has 0 spiro atoms. The number of rotatable bonds is 4. The molecule has 4 bridgehead atoms. The van der Waals surface area contributed by atoms with Gasteiger partial charge in [0.1, 0.15) is 12.4 Å². The van der Waals surface area contributed by atoms with Gasteiger partial charge in [-0.2, -0.15) is 0 Å². The highest BCUT2D eigenvalue weighted by molar-refractivity contribution is 6.31. The Hall–Kier alpha value is -1.13. The zero-order valence-electron chi connectivity index (χ0n) is 13.6. The van der Waals surface area contributed by atoms with Crippen LogP contribution in [0.15, 0.2) is 18.2 Å². The minimum absolute atomic E-state index is 0.130. The number of carbonyl (C=O) groups excluding carboxylic acids is 1. The van der Waals surface area contributed by atoms with Crippen molar-refractivity contribution >= 4 is 17.6 Å². The number of aliphatic hydroxyl groups is 1. The minimum atomic E-state index is -0.584. The molecule has 2 unspecified atom stereocenters. The van der Waals surface area contributed by atoms with Gasteiger partial charge in [-0.15, -0.1) is 0 Å². The Labute approximate surface area is 146 Å². The topological polar surface area (TPSA) is 46.5 Å². The highest BCUT2D eigenvalue weighted by Crippen LogP contribution is 2.62. The van der Waals surface area contributed by atoms with Gasteiger partial charge in [-0.25, -0.2) is 4.39 Å². The van der Waals surface area contributed by atoms with Crippen LogP contribution in [0.3, 0.4) is 0 Å². The fraction of sp³-hybridized carbons (Fsp3) is 0.632. The molecule has 130 valence electrons. The van der Waals surface area contributed by atoms with Crippen molar-refractivity contribution in [3.05, 3.63) is 34.6 Å². The SMILES string of the molecule is O=C(CC12C[C@@H]3C[C@@H](CC(O)(C3)C1)C2)OCc1c(F)cccc1Cl. The van der Waals surface area contributed by atoms with E-state index < -0.39 is 11.4 Å². The van der Waals surface area contributed by atoms with Gasteiger partial charge in [0.25, 0.3) is 0 Å². The predicted molar refractivity (Wildman–Crippen MR) is 87.9 cm³/mol. The largest absolute Gasteiger partial charge is 0.461 e. The van der Waals surface area contributed by atoms with Crippen LogP contribution < -0.4 is 0 Å². The van der Waals surface area contributed by atoms with Gasteiger partial charge in [0.05, 0.1) is 17.0 Å². The van der Waals surface area contributed by atoms with E-state index in [4.69, 9.17) is 16.3 Å². The van der Waals surface area contributed by atoms with E-state index in [-0.39, 0.29) is 28.6 Å². The quantitative estimate of drug-likeness (QED) is 0.824. The van der Waals surface area contributed by atoms with Gasteiger partial charge < -0.3 is 9.84 Å². The molecular formula is C19H22ClFO3. The van der Waals surface area contributed by atoms with E-state index in [0.29, 0.717) is 24.7 Å². The Bertz CT molecular complexity index is 640. The lowest BCUT2D eigenvalue weighted by Crippen LogP contribution is -2.56. The zero-order chi connectivity index (χ0) is 16.9. The average Bonchev–Trinajstić information content (AvgIpc) is 2.43. The molecule has 5 rings (SSSR count). The second-order valence-electron chi connectivity index (χ2n) is 8.22. The van der Waals surface area contributed by atoms with Gasteiger partial charge in [-0.1, -0.05) is 17.7 Å². The van der Waals surface area contributed by atoms with Crippen LogP contribution in [-0.2, 0) is 16.1 Å². The Morgan fingerprint density at radius 3 is 2.62 bits per heavy atom. The number of ether oxygens (including phenoxy) is 1. The Morgan fingerprint density at radius 1 is 1.29 bits per heavy atom. The summed E-state index contributed by atoms with van der Waals surface area (Å²) >= 11 is 5.97. The summed E-state index contributed by atoms with van der Waals surface area (Å²) < 4.78 is 19.1. The van der Waals surface area contributed by atoms with Crippen LogP contribution in [0, 0.1) is 23.1 Å². The van der Waals surface area contributed by atoms with E-state index in [2.05, 4.69) is 0 Å². The van der Waals surface area contributed by atoms with Crippen LogP contribution in [0.1, 0.15) is 50.5 Å². The van der Waals surface area contributed by atoms with Gasteiger partial charge in [-0.3, -0.25) is 4.79 Å². The fourth-order valence-corrected chi connectivity index (χ4v) is 6.01. The predicted octanol–water partition coefficient (Wildman–Crippen LogP) is 4.24. The van der Waals surface area contributed by atoms with Crippen LogP contribution in [0.2, 0.25) is 5.02 Å². The van der Waals surface area contributed by atoms with Crippen molar-refractivity contribution in [2.24, 2.45) is 17.3 Å². The highest BCUT2D eigenvalue weighted by Gasteiger charge is 2.57. The van der Waals surface area contributed by atoms with Crippen molar-refractivity contribution < 1.29 is 19.0 Å². The van der Waals surface area contributed by atoms with Gasteiger partial charge >= 0.3 is 5.97 Å². The third kappa shape index (κ3) is 2.95. The number of hydrogen-bond acceptors (Lipinski definition) is 3. The molecule has 1 aromatic rings. The van der Waals surface area contributed by atoms with Crippen molar-refractivity contribution in [2.45, 2.75) is 57.2 Å². The monoisotopic (exact) mass is 352 g/mol. The van der Waals surface area contributed by atoms with Gasteiger partial charge in [0.2, 0.25) is 0 Å². The highest BCUT2D eigenvalue weighted by atomic mass is 35.5. The van der Waals surface area contributed by atoms with E-state index in [9.17, 15) is 14.3 Å². The summed E-state index contributed by atoms with van der Waals surface area (Å²) in [7, 11) is 0. The first-order valence-electron chi connectivity index (χ1n) is 8.67. The van der Waals surface area contributed by atoms with Gasteiger partial charge in [0, 0.05) is 5.56 Å². The molecule has 0 aromatic heterocycles. The van der Waals surface area contributed by atoms with Crippen molar-refractivity contribution in [1.29, 1.82) is 0 Å². The molecule has 4 aliphatic carbocycles. The number of carbonyl (C=O) groups is 1. The number of esters is 1. The lowest BCUT2D eigenvalue weighted by Gasteiger charge is -2.60. The summed E-state index contributed by atoms with van der Waals surface area (Å²) in [5, 5.41) is 11.0. The molecule has 4 atom stereocenters. The van der Waals surface area contributed by atoms with Crippen LogP contribution in [-0.4, -0.2) is 16.7 Å². The summed E-state index contributed by atoms with van der Waals surface area (Å²) in [6, 6.07) is 4.42. The molecule has 4 fully saturated rings. The Morgan fingerprint density at radius 2 is 2.00 bits per heavy atom. The average molecular weight is 353 g/mol. The fourth-order valence-electron chi connectivity index (χ4n) is 5.79. The van der Waals surface area contributed by atoms with Gasteiger partial charge in [0.15, 0.2) is 0 Å². The number of halogens is 2. The lowest BCUT2D eigenvalue weighted by molar-refractivity contribution is -0.177. The van der Waals surface area contributed by atoms with E-state index >= 15 is 0 Å². The molecule has 5 heteroatoms. The van der Waals surface area contributed by atoms with E-state index in [1.54, 1.807) is 6.07 Å². The molecule has 0 amide bonds. The Kier molecular flexibility index (Phi) is 3.88. The maximum atomic E-state index is 13.8. The molecule has 1 aromatic carbocycles. The molecule has 1 N–H and O–H groups in total. The minimum Gasteiger partial charge on any atom is -0.461 e. The van der Waals surface area contributed by atoms with Crippen molar-refractivity contribution in [1.82, 2.24) is 0 Å². The second-order valence-corrected chi connectivity index (χ2v) is 8.63. The smallest absolute Gasteiger partial charge is 0.306 e. The maximum Gasteiger partial charge on any atom is 0.306 e. The summed E-state index contributed by atoms with van der Waals surface area (Å²) in [6.07, 6.45) is 5.96. The first-order chi connectivity index (χ1) is 11.4. The van der Waals surface area contributed by atoms with Crippen LogP contribution >= 0.6 is 11.6 Å². The summed E-state index contributed by atoms with van der Waals surface area (Å²) in [5.41, 5.74) is -0.495. The molecule has 24 heavy (non-hydrogen) atoms. The first-order valence-corrected chi connectivity index (χ1v) is 9.05. The molecule has 0 saturated heterocycles. The summed E-state index contributed by atoms with van der Waals surface area (Å²) in [6.45, 7) is -0.141. The lowest BCUT2D eigenvalue weighted by atomic mass is 9.47. The number of hydrogen-bond donors (Lipinski definition) is 1. The van der Waals surface area contributed by atoms with E-state index in [1.165, 1.54) is 18.6 Å². The first kappa shape index (κ1) is 16.3. The Balaban J connectivity index is 1.42. The maximum absolute atomic E-state index is 13.8. The van der Waals surface area contributed by atoms with Crippen LogP contribution in [0.5, 0.6) is 0 Å². The molecular weight excluding hydrogens is 331 g/mol. The van der Waals surface area contributed by atoms with E-state index in [0.717, 1.165) is 25.7 Å². The summed E-state index contributed by atoms with van der Waals surface area (Å²) in [4.78, 5) is 12.4. The number of benzene rings is 1. The standard InChI is InChI=1S/C19H22ClFO3/c20-15-2-1-3-16(21)14(15)10-24-17(22)9-18-5-12-4-13(6-18)8-19(23,7-12)11-18/h1-3,12-13,23H,4-11H2/t12-,13+,18?,19?. The second kappa shape index (κ2) is 5.70. The molecule has 0 radical (unpaired) electrons. The van der Waals surface area contributed by atoms with Crippen LogP contribution in [0.25, 0.3) is 0 Å². The molecule has 0 aliphatic heterocycles.